The van der Waals surface area contributed by atoms with Crippen LogP contribution in [-0.4, -0.2) is 0 Å². The van der Waals surface area contributed by atoms with Crippen molar-refractivity contribution < 1.29 is 4.74 Å². The Bertz CT molecular complexity index is 395. The summed E-state index contributed by atoms with van der Waals surface area (Å²) in [6.45, 7) is 9.13. The van der Waals surface area contributed by atoms with E-state index in [-0.39, 0.29) is 0 Å². The number of nitriles is 1. The third kappa shape index (κ3) is 2.49. The Hall–Kier alpha value is -2.01. The van der Waals surface area contributed by atoms with Gasteiger partial charge in [-0.1, -0.05) is 13.2 Å². The Kier molecular flexibility index (Phi) is 3.09. The molecule has 0 saturated heterocycles. The minimum Gasteiger partial charge on any atom is -0.463 e. The molecule has 70 valence electrons. The first kappa shape index (κ1) is 10.1. The molecule has 0 heterocycles. The fraction of sp³-hybridized carbons (Fsp3) is 0.0833. The van der Waals surface area contributed by atoms with Crippen LogP contribution in [-0.2, 0) is 4.74 Å². The first-order valence-electron chi connectivity index (χ1n) is 4.16. The molecule has 0 aliphatic heterocycles. The molecule has 1 aromatic carbocycles. The number of benzene rings is 1. The van der Waals surface area contributed by atoms with Gasteiger partial charge in [0.05, 0.1) is 17.4 Å². The molecule has 1 rings (SSSR count). The second kappa shape index (κ2) is 4.29. The van der Waals surface area contributed by atoms with Gasteiger partial charge in [0.1, 0.15) is 5.76 Å². The van der Waals surface area contributed by atoms with Crippen molar-refractivity contribution in [3.8, 4) is 6.07 Å². The van der Waals surface area contributed by atoms with Crippen molar-refractivity contribution >= 4 is 5.76 Å². The summed E-state index contributed by atoms with van der Waals surface area (Å²) in [4.78, 5) is 0. The molecule has 0 N–H and O–H groups in total. The van der Waals surface area contributed by atoms with E-state index in [1.807, 2.05) is 6.07 Å². The van der Waals surface area contributed by atoms with E-state index in [4.69, 9.17) is 10.00 Å². The van der Waals surface area contributed by atoms with Gasteiger partial charge in [-0.15, -0.1) is 0 Å². The van der Waals surface area contributed by atoms with Gasteiger partial charge in [-0.2, -0.15) is 5.26 Å². The standard InChI is InChI=1S/C12H11NO/c1-9(2)14-10(3)12-6-4-11(8-13)5-7-12/h4-7H,1,3H2,2H3. The number of allylic oxidation sites excluding steroid dienone is 1. The van der Waals surface area contributed by atoms with Gasteiger partial charge in [-0.25, -0.2) is 0 Å². The van der Waals surface area contributed by atoms with Crippen LogP contribution >= 0.6 is 0 Å². The maximum Gasteiger partial charge on any atom is 0.126 e. The van der Waals surface area contributed by atoms with Crippen LogP contribution in [0.3, 0.4) is 0 Å². The normalized spacial score (nSPS) is 8.86. The molecule has 14 heavy (non-hydrogen) atoms. The second-order valence-corrected chi connectivity index (χ2v) is 2.92. The number of rotatable bonds is 3. The summed E-state index contributed by atoms with van der Waals surface area (Å²) in [6, 6.07) is 9.09. The summed E-state index contributed by atoms with van der Waals surface area (Å²) in [5.41, 5.74) is 1.48. The minimum atomic E-state index is 0.544. The predicted molar refractivity (Wildman–Crippen MR) is 56.1 cm³/mol. The van der Waals surface area contributed by atoms with E-state index < -0.39 is 0 Å². The van der Waals surface area contributed by atoms with Crippen LogP contribution < -0.4 is 0 Å². The summed E-state index contributed by atoms with van der Waals surface area (Å²) >= 11 is 0. The maximum absolute atomic E-state index is 8.59. The number of nitrogens with zero attached hydrogens (tertiary/aromatic N) is 1. The number of hydrogen-bond acceptors (Lipinski definition) is 2. The molecule has 0 bridgehead atoms. The van der Waals surface area contributed by atoms with Crippen molar-refractivity contribution in [1.82, 2.24) is 0 Å². The van der Waals surface area contributed by atoms with Gasteiger partial charge < -0.3 is 4.74 Å². The van der Waals surface area contributed by atoms with Crippen molar-refractivity contribution in [1.29, 1.82) is 5.26 Å². The maximum atomic E-state index is 8.59. The van der Waals surface area contributed by atoms with Gasteiger partial charge in [-0.3, -0.25) is 0 Å². The lowest BCUT2D eigenvalue weighted by molar-refractivity contribution is 0.388. The van der Waals surface area contributed by atoms with Gasteiger partial charge in [0, 0.05) is 5.56 Å². The zero-order chi connectivity index (χ0) is 10.6. The third-order valence-corrected chi connectivity index (χ3v) is 1.63. The minimum absolute atomic E-state index is 0.544. The Morgan fingerprint density at radius 3 is 2.29 bits per heavy atom. The molecule has 2 nitrogen and oxygen atoms in total. The largest absolute Gasteiger partial charge is 0.463 e. The number of hydrogen-bond donors (Lipinski definition) is 0. The molecule has 0 amide bonds. The van der Waals surface area contributed by atoms with Crippen molar-refractivity contribution in [2.24, 2.45) is 0 Å². The Morgan fingerprint density at radius 2 is 1.86 bits per heavy atom. The van der Waals surface area contributed by atoms with Crippen LogP contribution in [0.15, 0.2) is 43.2 Å². The highest BCUT2D eigenvalue weighted by atomic mass is 16.5. The van der Waals surface area contributed by atoms with E-state index in [2.05, 4.69) is 13.2 Å². The topological polar surface area (TPSA) is 33.0 Å². The molecule has 0 aliphatic rings. The molecule has 0 atom stereocenters. The summed E-state index contributed by atoms with van der Waals surface area (Å²) in [7, 11) is 0. The Balaban J connectivity index is 2.83. The zero-order valence-corrected chi connectivity index (χ0v) is 8.08. The van der Waals surface area contributed by atoms with Gasteiger partial charge in [0.25, 0.3) is 0 Å². The van der Waals surface area contributed by atoms with Crippen molar-refractivity contribution in [3.05, 3.63) is 54.3 Å². The molecule has 0 radical (unpaired) electrons. The van der Waals surface area contributed by atoms with Crippen molar-refractivity contribution in [2.45, 2.75) is 6.92 Å². The first-order valence-corrected chi connectivity index (χ1v) is 4.16. The predicted octanol–water partition coefficient (Wildman–Crippen LogP) is 3.08. The van der Waals surface area contributed by atoms with Crippen LogP contribution in [0, 0.1) is 11.3 Å². The van der Waals surface area contributed by atoms with Gasteiger partial charge in [0.2, 0.25) is 0 Å². The number of ether oxygens (including phenoxy) is 1. The SMILES string of the molecule is C=C(C)OC(=C)c1ccc(C#N)cc1. The van der Waals surface area contributed by atoms with E-state index in [9.17, 15) is 0 Å². The Morgan fingerprint density at radius 1 is 1.29 bits per heavy atom. The van der Waals surface area contributed by atoms with Gasteiger partial charge >= 0.3 is 0 Å². The summed E-state index contributed by atoms with van der Waals surface area (Å²) in [6.07, 6.45) is 0. The molecule has 0 aromatic heterocycles. The summed E-state index contributed by atoms with van der Waals surface area (Å²) in [5, 5.41) is 8.59. The van der Waals surface area contributed by atoms with Crippen LogP contribution in [0.1, 0.15) is 18.1 Å². The van der Waals surface area contributed by atoms with Crippen molar-refractivity contribution in [3.63, 3.8) is 0 Å². The van der Waals surface area contributed by atoms with Gasteiger partial charge in [0.15, 0.2) is 0 Å². The van der Waals surface area contributed by atoms with Crippen LogP contribution in [0.4, 0.5) is 0 Å². The molecular weight excluding hydrogens is 174 g/mol. The zero-order valence-electron chi connectivity index (χ0n) is 8.08. The lowest BCUT2D eigenvalue weighted by Gasteiger charge is -2.07. The molecular formula is C12H11NO. The highest BCUT2D eigenvalue weighted by Crippen LogP contribution is 2.16. The van der Waals surface area contributed by atoms with Crippen LogP contribution in [0.25, 0.3) is 5.76 Å². The fourth-order valence-electron chi connectivity index (χ4n) is 1.000. The molecule has 2 heteroatoms. The van der Waals surface area contributed by atoms with E-state index >= 15 is 0 Å². The smallest absolute Gasteiger partial charge is 0.126 e. The van der Waals surface area contributed by atoms with E-state index in [0.717, 1.165) is 5.56 Å². The van der Waals surface area contributed by atoms with E-state index in [1.165, 1.54) is 0 Å². The molecule has 0 unspecified atom stereocenters. The molecule has 0 aliphatic carbocycles. The quantitative estimate of drug-likeness (QED) is 0.678. The molecule has 0 fully saturated rings. The average molecular weight is 185 g/mol. The average Bonchev–Trinajstić information content (AvgIpc) is 2.17. The molecule has 1 aromatic rings. The van der Waals surface area contributed by atoms with Crippen molar-refractivity contribution in [2.75, 3.05) is 0 Å². The second-order valence-electron chi connectivity index (χ2n) is 2.92. The molecule has 0 saturated carbocycles. The first-order chi connectivity index (χ1) is 6.63. The highest BCUT2D eigenvalue weighted by molar-refractivity contribution is 5.58. The third-order valence-electron chi connectivity index (χ3n) is 1.63. The fourth-order valence-corrected chi connectivity index (χ4v) is 1.000. The van der Waals surface area contributed by atoms with E-state index in [1.54, 1.807) is 31.2 Å². The van der Waals surface area contributed by atoms with Crippen LogP contribution in [0.5, 0.6) is 0 Å². The van der Waals surface area contributed by atoms with E-state index in [0.29, 0.717) is 17.1 Å². The summed E-state index contributed by atoms with van der Waals surface area (Å²) < 4.78 is 5.24. The lowest BCUT2D eigenvalue weighted by atomic mass is 10.1. The van der Waals surface area contributed by atoms with Gasteiger partial charge in [-0.05, 0) is 31.2 Å². The monoisotopic (exact) mass is 185 g/mol. The summed E-state index contributed by atoms with van der Waals surface area (Å²) in [5.74, 6) is 1.14. The molecule has 0 spiro atoms. The Labute approximate surface area is 83.7 Å². The van der Waals surface area contributed by atoms with Crippen LogP contribution in [0.2, 0.25) is 0 Å². The lowest BCUT2D eigenvalue weighted by Crippen LogP contribution is -1.88. The highest BCUT2D eigenvalue weighted by Gasteiger charge is 1.99.